The molecule has 0 aromatic heterocycles. The van der Waals surface area contributed by atoms with E-state index in [-0.39, 0.29) is 83.4 Å². The molecule has 0 saturated carbocycles. The van der Waals surface area contributed by atoms with Crippen LogP contribution >= 0.6 is 0 Å². The number of aliphatic hydroxyl groups is 9. The van der Waals surface area contributed by atoms with Crippen LogP contribution in [0.2, 0.25) is 0 Å². The molecule has 3 heterocycles. The van der Waals surface area contributed by atoms with Crippen LogP contribution in [0.1, 0.15) is 162 Å². The first-order valence-electron chi connectivity index (χ1n) is 32.4. The smallest absolute Gasteiger partial charge is 0.243 e. The zero-order valence-electron chi connectivity index (χ0n) is 53.5. The van der Waals surface area contributed by atoms with Crippen molar-refractivity contribution in [1.82, 2.24) is 42.5 Å². The Labute approximate surface area is 537 Å². The van der Waals surface area contributed by atoms with Gasteiger partial charge in [0, 0.05) is 85.9 Å². The summed E-state index contributed by atoms with van der Waals surface area (Å²) in [5.74, 6) is -3.44. The molecule has 17 atom stereocenters. The van der Waals surface area contributed by atoms with Crippen molar-refractivity contribution in [2.45, 2.75) is 266 Å². The van der Waals surface area contributed by atoms with Crippen molar-refractivity contribution >= 4 is 53.5 Å². The van der Waals surface area contributed by atoms with Crippen LogP contribution in [0.5, 0.6) is 0 Å². The molecule has 17 N–H and O–H groups in total. The highest BCUT2D eigenvalue weighted by Crippen LogP contribution is 2.26. The van der Waals surface area contributed by atoms with Gasteiger partial charge in [-0.15, -0.1) is 0 Å². The first-order valence-corrected chi connectivity index (χ1v) is 32.4. The van der Waals surface area contributed by atoms with E-state index in [9.17, 15) is 89.1 Å². The molecule has 0 aromatic rings. The first kappa shape index (κ1) is 81.1. The van der Waals surface area contributed by atoms with Gasteiger partial charge < -0.3 is 122 Å². The van der Waals surface area contributed by atoms with Crippen molar-refractivity contribution in [3.05, 3.63) is 0 Å². The summed E-state index contributed by atoms with van der Waals surface area (Å²) in [4.78, 5) is 113. The molecule has 0 spiro atoms. The van der Waals surface area contributed by atoms with Gasteiger partial charge in [-0.3, -0.25) is 38.4 Å². The zero-order valence-corrected chi connectivity index (χ0v) is 53.5. The van der Waals surface area contributed by atoms with E-state index in [1.54, 1.807) is 0 Å². The van der Waals surface area contributed by atoms with Crippen molar-refractivity contribution in [2.75, 3.05) is 59.3 Å². The molecule has 32 nitrogen and oxygen atoms in total. The summed E-state index contributed by atoms with van der Waals surface area (Å²) in [6.45, 7) is 3.06. The lowest BCUT2D eigenvalue weighted by molar-refractivity contribution is -0.270. The highest BCUT2D eigenvalue weighted by Gasteiger charge is 2.48. The summed E-state index contributed by atoms with van der Waals surface area (Å²) in [7, 11) is 0. The molecule has 3 rings (SSSR count). The third-order valence-electron chi connectivity index (χ3n) is 15.8. The van der Waals surface area contributed by atoms with Gasteiger partial charge in [0.25, 0.3) is 0 Å². The molecular weight excluding hydrogens is 1220 g/mol. The van der Waals surface area contributed by atoms with Crippen LogP contribution in [0.4, 0.5) is 0 Å². The normalized spacial score (nSPS) is 26.9. The van der Waals surface area contributed by atoms with E-state index in [0.29, 0.717) is 109 Å². The molecule has 0 aromatic carbocycles. The Kier molecular flexibility index (Phi) is 40.6. The monoisotopic (exact) mass is 1320 g/mol. The van der Waals surface area contributed by atoms with Crippen LogP contribution in [0.3, 0.4) is 0 Å². The van der Waals surface area contributed by atoms with Gasteiger partial charge in [-0.25, -0.2) is 0 Å². The Morgan fingerprint density at radius 2 is 0.739 bits per heavy atom. The molecule has 17 unspecified atom stereocenters. The Morgan fingerprint density at radius 1 is 0.402 bits per heavy atom. The van der Waals surface area contributed by atoms with E-state index in [1.807, 2.05) is 0 Å². The number of carbonyl (C=O) groups is 9. The second kappa shape index (κ2) is 46.0. The van der Waals surface area contributed by atoms with Crippen molar-refractivity contribution in [2.24, 2.45) is 0 Å². The molecule has 3 saturated heterocycles. The third kappa shape index (κ3) is 30.5. The van der Waals surface area contributed by atoms with Crippen LogP contribution in [0.15, 0.2) is 0 Å². The van der Waals surface area contributed by atoms with E-state index in [1.165, 1.54) is 20.8 Å². The second-order valence-electron chi connectivity index (χ2n) is 23.5. The molecule has 32 heteroatoms. The number of hydrogen-bond donors (Lipinski definition) is 17. The summed E-state index contributed by atoms with van der Waals surface area (Å²) < 4.78 is 34.0. The Balaban J connectivity index is 1.56. The van der Waals surface area contributed by atoms with Gasteiger partial charge in [0.1, 0.15) is 91.4 Å². The van der Waals surface area contributed by atoms with E-state index in [2.05, 4.69) is 42.5 Å². The molecule has 0 bridgehead atoms. The lowest BCUT2D eigenvalue weighted by Gasteiger charge is -2.42. The summed E-state index contributed by atoms with van der Waals surface area (Å²) in [6, 6.07) is -5.40. The number of aldehydes is 1. The van der Waals surface area contributed by atoms with Crippen molar-refractivity contribution in [3.63, 3.8) is 0 Å². The van der Waals surface area contributed by atoms with Gasteiger partial charge >= 0.3 is 0 Å². The Bertz CT molecular complexity index is 2190. The maximum absolute atomic E-state index is 14.2. The highest BCUT2D eigenvalue weighted by molar-refractivity contribution is 5.92. The average Bonchev–Trinajstić information content (AvgIpc) is 1.32. The minimum absolute atomic E-state index is 0.00252. The van der Waals surface area contributed by atoms with E-state index in [0.717, 1.165) is 6.29 Å². The lowest BCUT2D eigenvalue weighted by Crippen LogP contribution is -2.64. The number of amides is 8. The molecule has 3 aliphatic heterocycles. The quantitative estimate of drug-likeness (QED) is 0.0204. The van der Waals surface area contributed by atoms with Crippen LogP contribution in [-0.2, 0) is 71.6 Å². The predicted molar refractivity (Wildman–Crippen MR) is 324 cm³/mol. The van der Waals surface area contributed by atoms with Crippen LogP contribution in [0.25, 0.3) is 0 Å². The maximum atomic E-state index is 14.2. The fourth-order valence-corrected chi connectivity index (χ4v) is 10.7. The molecule has 0 radical (unpaired) electrons. The van der Waals surface area contributed by atoms with Crippen molar-refractivity contribution in [3.8, 4) is 0 Å². The summed E-state index contributed by atoms with van der Waals surface area (Å²) in [5, 5.41) is 113. The van der Waals surface area contributed by atoms with Gasteiger partial charge in [-0.2, -0.15) is 0 Å². The molecule has 8 amide bonds. The number of aliphatic hydroxyl groups excluding tert-OH is 9. The van der Waals surface area contributed by atoms with Crippen LogP contribution < -0.4 is 42.5 Å². The summed E-state index contributed by atoms with van der Waals surface area (Å²) in [5.41, 5.74) is 0. The standard InChI is InChI=1S/C60H106N8O24/c1-36(73)64-47-53(82)50(79)41(33-70)90-58(47)87-30-18-6-9-23-44(76)61-26-15-12-21-39(56(85)63-28-14-4-5-17-29-69)68-57(86)40(67-46(78)25-11-8-20-32-89-60-49(66-38(3)75)55(84)52(81)43(35-72)92-60)22-13-16-27-62-45(77)24-10-7-19-31-88-59-48(65-37(2)74)54(83)51(80)42(34-71)91-59/h29,39-43,47-55,58-60,70-72,79-84H,4-28,30-35H2,1-3H3,(H,61,76)(H,62,77)(H,63,85)(H,64,73)(H,65,74)(H,66,75)(H,67,78)(H,68,86). The number of carbonyl (C=O) groups excluding carboxylic acids is 9. The van der Waals surface area contributed by atoms with E-state index >= 15 is 0 Å². The lowest BCUT2D eigenvalue weighted by atomic mass is 9.97. The van der Waals surface area contributed by atoms with E-state index < -0.39 is 159 Å². The highest BCUT2D eigenvalue weighted by atomic mass is 16.7. The second-order valence-corrected chi connectivity index (χ2v) is 23.5. The number of unbranched alkanes of at least 4 members (excludes halogenated alkanes) is 11. The van der Waals surface area contributed by atoms with Crippen molar-refractivity contribution in [1.29, 1.82) is 0 Å². The number of ether oxygens (including phenoxy) is 6. The van der Waals surface area contributed by atoms with Crippen LogP contribution in [-0.4, -0.2) is 263 Å². The number of rotatable bonds is 47. The summed E-state index contributed by atoms with van der Waals surface area (Å²) in [6.07, 6.45) is -5.81. The van der Waals surface area contributed by atoms with Crippen LogP contribution in [0, 0.1) is 0 Å². The molecule has 530 valence electrons. The fraction of sp³-hybridized carbons (Fsp3) is 0.850. The molecule has 92 heavy (non-hydrogen) atoms. The largest absolute Gasteiger partial charge is 0.394 e. The van der Waals surface area contributed by atoms with Crippen molar-refractivity contribution < 1.29 is 118 Å². The fourth-order valence-electron chi connectivity index (χ4n) is 10.7. The zero-order chi connectivity index (χ0) is 68.0. The van der Waals surface area contributed by atoms with Gasteiger partial charge in [0.05, 0.1) is 19.8 Å². The maximum Gasteiger partial charge on any atom is 0.243 e. The summed E-state index contributed by atoms with van der Waals surface area (Å²) >= 11 is 0. The molecule has 0 aliphatic carbocycles. The number of hydrogen-bond acceptors (Lipinski definition) is 24. The topological polar surface area (TPSA) is 487 Å². The molecule has 3 aliphatic rings. The Morgan fingerprint density at radius 3 is 1.10 bits per heavy atom. The van der Waals surface area contributed by atoms with Gasteiger partial charge in [-0.05, 0) is 89.9 Å². The molecular formula is C60H106N8O24. The third-order valence-corrected chi connectivity index (χ3v) is 15.8. The SMILES string of the molecule is CC(=O)NC1C(OCCCCCC(=O)NCCCCC(NC(=O)CCCCCOC2OC(CO)C(O)C(O)C2NC(C)=O)C(=O)NC(CCCCNC(=O)CCCCCOC2OC(CO)C(O)C(O)C2NC(C)=O)C(=O)NCCCCCC=O)OC(CO)C(O)C1O. The first-order chi connectivity index (χ1) is 44.1. The van der Waals surface area contributed by atoms with Gasteiger partial charge in [-0.1, -0.05) is 25.7 Å². The average molecular weight is 1320 g/mol. The van der Waals surface area contributed by atoms with Gasteiger partial charge in [0.2, 0.25) is 47.3 Å². The Hall–Kier alpha value is -5.17. The number of nitrogens with one attached hydrogen (secondary N) is 8. The predicted octanol–water partition coefficient (Wildman–Crippen LogP) is -4.03. The minimum atomic E-state index is -1.48. The van der Waals surface area contributed by atoms with E-state index in [4.69, 9.17) is 28.4 Å². The minimum Gasteiger partial charge on any atom is -0.394 e. The van der Waals surface area contributed by atoms with Gasteiger partial charge in [0.15, 0.2) is 18.9 Å². The molecule has 3 fully saturated rings.